The van der Waals surface area contributed by atoms with Crippen molar-refractivity contribution in [3.05, 3.63) is 38.9 Å². The Morgan fingerprint density at radius 2 is 2.19 bits per heavy atom. The van der Waals surface area contributed by atoms with Gasteiger partial charge in [-0.15, -0.1) is 0 Å². The van der Waals surface area contributed by atoms with Crippen LogP contribution in [0.4, 0.5) is 5.69 Å². The van der Waals surface area contributed by atoms with Crippen molar-refractivity contribution in [1.82, 2.24) is 0 Å². The molecule has 0 heterocycles. The lowest BCUT2D eigenvalue weighted by molar-refractivity contribution is -0.385. The standard InChI is InChI=1S/C11H12ClNO3/c1-7(8(2)14)5-9-6-10(12)3-4-11(9)13(15)16/h3-4,6-7H,5H2,1-2H3. The number of rotatable bonds is 4. The van der Waals surface area contributed by atoms with Crippen molar-refractivity contribution in [3.8, 4) is 0 Å². The van der Waals surface area contributed by atoms with E-state index >= 15 is 0 Å². The van der Waals surface area contributed by atoms with Crippen molar-refractivity contribution in [2.45, 2.75) is 20.3 Å². The second-order valence-electron chi connectivity index (χ2n) is 3.75. The summed E-state index contributed by atoms with van der Waals surface area (Å²) in [5.74, 6) is -0.230. The van der Waals surface area contributed by atoms with Gasteiger partial charge in [-0.1, -0.05) is 18.5 Å². The Bertz CT molecular complexity index is 431. The lowest BCUT2D eigenvalue weighted by Gasteiger charge is -2.08. The average molecular weight is 242 g/mol. The number of carbonyl (C=O) groups is 1. The zero-order valence-corrected chi connectivity index (χ0v) is 9.82. The third-order valence-electron chi connectivity index (χ3n) is 2.46. The smallest absolute Gasteiger partial charge is 0.272 e. The first-order valence-electron chi connectivity index (χ1n) is 4.85. The molecule has 0 aliphatic carbocycles. The van der Waals surface area contributed by atoms with Crippen LogP contribution < -0.4 is 0 Å². The van der Waals surface area contributed by atoms with Gasteiger partial charge in [-0.2, -0.15) is 0 Å². The molecule has 0 aliphatic heterocycles. The molecule has 5 heteroatoms. The Kier molecular flexibility index (Phi) is 4.01. The zero-order valence-electron chi connectivity index (χ0n) is 9.07. The molecule has 0 N–H and O–H groups in total. The molecule has 1 rings (SSSR count). The molecular formula is C11H12ClNO3. The molecule has 1 aromatic carbocycles. The van der Waals surface area contributed by atoms with Crippen LogP contribution in [0, 0.1) is 16.0 Å². The van der Waals surface area contributed by atoms with Crippen molar-refractivity contribution < 1.29 is 9.72 Å². The molecule has 16 heavy (non-hydrogen) atoms. The minimum Gasteiger partial charge on any atom is -0.300 e. The van der Waals surface area contributed by atoms with Crippen molar-refractivity contribution in [1.29, 1.82) is 0 Å². The fraction of sp³-hybridized carbons (Fsp3) is 0.364. The first-order chi connectivity index (χ1) is 7.41. The van der Waals surface area contributed by atoms with E-state index in [1.165, 1.54) is 19.1 Å². The number of nitro groups is 1. The van der Waals surface area contributed by atoms with Gasteiger partial charge >= 0.3 is 0 Å². The average Bonchev–Trinajstić information content (AvgIpc) is 2.16. The Morgan fingerprint density at radius 1 is 1.56 bits per heavy atom. The number of nitrogens with zero attached hydrogens (tertiary/aromatic N) is 1. The molecular weight excluding hydrogens is 230 g/mol. The van der Waals surface area contributed by atoms with E-state index in [0.29, 0.717) is 17.0 Å². The summed E-state index contributed by atoms with van der Waals surface area (Å²) >= 11 is 5.78. The number of ketones is 1. The highest BCUT2D eigenvalue weighted by Gasteiger charge is 2.18. The molecule has 86 valence electrons. The molecule has 0 bridgehead atoms. The molecule has 0 saturated carbocycles. The van der Waals surface area contributed by atoms with Crippen LogP contribution in [-0.2, 0) is 11.2 Å². The van der Waals surface area contributed by atoms with E-state index < -0.39 is 4.92 Å². The second-order valence-corrected chi connectivity index (χ2v) is 4.18. The van der Waals surface area contributed by atoms with E-state index in [9.17, 15) is 14.9 Å². The molecule has 0 spiro atoms. The van der Waals surface area contributed by atoms with Crippen LogP contribution in [0.2, 0.25) is 5.02 Å². The molecule has 0 aromatic heterocycles. The fourth-order valence-corrected chi connectivity index (χ4v) is 1.56. The molecule has 0 fully saturated rings. The number of nitro benzene ring substituents is 1. The normalized spacial score (nSPS) is 12.2. The van der Waals surface area contributed by atoms with Crippen LogP contribution in [-0.4, -0.2) is 10.7 Å². The third-order valence-corrected chi connectivity index (χ3v) is 2.69. The molecule has 1 atom stereocenters. The number of halogens is 1. The first kappa shape index (κ1) is 12.6. The predicted molar refractivity (Wildman–Crippen MR) is 61.7 cm³/mol. The molecule has 1 aromatic rings. The molecule has 0 amide bonds. The monoisotopic (exact) mass is 241 g/mol. The van der Waals surface area contributed by atoms with Crippen molar-refractivity contribution in [3.63, 3.8) is 0 Å². The summed E-state index contributed by atoms with van der Waals surface area (Å²) in [4.78, 5) is 21.4. The number of hydrogen-bond acceptors (Lipinski definition) is 3. The Hall–Kier alpha value is -1.42. The Morgan fingerprint density at radius 3 is 2.69 bits per heavy atom. The van der Waals surface area contributed by atoms with Crippen molar-refractivity contribution in [2.24, 2.45) is 5.92 Å². The van der Waals surface area contributed by atoms with Crippen LogP contribution in [0.15, 0.2) is 18.2 Å². The van der Waals surface area contributed by atoms with E-state index in [0.717, 1.165) is 0 Å². The lowest BCUT2D eigenvalue weighted by atomic mass is 9.97. The SMILES string of the molecule is CC(=O)C(C)Cc1cc(Cl)ccc1[N+](=O)[O-]. The van der Waals surface area contributed by atoms with Gasteiger partial charge in [-0.3, -0.25) is 14.9 Å². The minimum absolute atomic E-state index is 0.00859. The fourth-order valence-electron chi connectivity index (χ4n) is 1.37. The number of hydrogen-bond donors (Lipinski definition) is 0. The van der Waals surface area contributed by atoms with Crippen molar-refractivity contribution >= 4 is 23.1 Å². The predicted octanol–water partition coefficient (Wildman–Crippen LogP) is 3.02. The van der Waals surface area contributed by atoms with Crippen LogP contribution >= 0.6 is 11.6 Å². The summed E-state index contributed by atoms with van der Waals surface area (Å²) in [7, 11) is 0. The summed E-state index contributed by atoms with van der Waals surface area (Å²) in [6, 6.07) is 4.38. The highest BCUT2D eigenvalue weighted by atomic mass is 35.5. The second kappa shape index (κ2) is 5.07. The maximum Gasteiger partial charge on any atom is 0.272 e. The Labute approximate surface area is 98.4 Å². The number of carbonyl (C=O) groups excluding carboxylic acids is 1. The van der Waals surface area contributed by atoms with Gasteiger partial charge in [0.1, 0.15) is 5.78 Å². The van der Waals surface area contributed by atoms with E-state index in [4.69, 9.17) is 11.6 Å². The topological polar surface area (TPSA) is 60.2 Å². The van der Waals surface area contributed by atoms with Gasteiger partial charge in [-0.05, 0) is 25.5 Å². The van der Waals surface area contributed by atoms with Crippen LogP contribution in [0.25, 0.3) is 0 Å². The van der Waals surface area contributed by atoms with Crippen molar-refractivity contribution in [2.75, 3.05) is 0 Å². The maximum absolute atomic E-state index is 11.1. The van der Waals surface area contributed by atoms with E-state index in [1.807, 2.05) is 0 Å². The Balaban J connectivity index is 3.05. The van der Waals surface area contributed by atoms with Crippen LogP contribution in [0.5, 0.6) is 0 Å². The third kappa shape index (κ3) is 3.03. The van der Waals surface area contributed by atoms with Crippen LogP contribution in [0.1, 0.15) is 19.4 Å². The van der Waals surface area contributed by atoms with Gasteiger partial charge in [0, 0.05) is 22.6 Å². The highest BCUT2D eigenvalue weighted by molar-refractivity contribution is 6.30. The number of Topliss-reactive ketones (excluding diaryl/α,β-unsaturated/α-hetero) is 1. The zero-order chi connectivity index (χ0) is 12.3. The van der Waals surface area contributed by atoms with E-state index in [2.05, 4.69) is 0 Å². The van der Waals surface area contributed by atoms with Gasteiger partial charge in [0.25, 0.3) is 5.69 Å². The van der Waals surface area contributed by atoms with Gasteiger partial charge in [0.2, 0.25) is 0 Å². The molecule has 0 saturated heterocycles. The summed E-state index contributed by atoms with van der Waals surface area (Å²) < 4.78 is 0. The van der Waals surface area contributed by atoms with Crippen LogP contribution in [0.3, 0.4) is 0 Å². The molecule has 4 nitrogen and oxygen atoms in total. The van der Waals surface area contributed by atoms with E-state index in [-0.39, 0.29) is 17.4 Å². The molecule has 1 unspecified atom stereocenters. The summed E-state index contributed by atoms with van der Waals surface area (Å²) in [5, 5.41) is 11.2. The lowest BCUT2D eigenvalue weighted by Crippen LogP contribution is -2.10. The van der Waals surface area contributed by atoms with Gasteiger partial charge in [-0.25, -0.2) is 0 Å². The first-order valence-corrected chi connectivity index (χ1v) is 5.23. The molecule has 0 aliphatic rings. The molecule has 0 radical (unpaired) electrons. The van der Waals surface area contributed by atoms with E-state index in [1.54, 1.807) is 13.0 Å². The maximum atomic E-state index is 11.1. The number of benzene rings is 1. The summed E-state index contributed by atoms with van der Waals surface area (Å²) in [6.45, 7) is 3.22. The van der Waals surface area contributed by atoms with Gasteiger partial charge in [0.05, 0.1) is 4.92 Å². The highest BCUT2D eigenvalue weighted by Crippen LogP contribution is 2.25. The quantitative estimate of drug-likeness (QED) is 0.601. The largest absolute Gasteiger partial charge is 0.300 e. The minimum atomic E-state index is -0.460. The summed E-state index contributed by atoms with van der Waals surface area (Å²) in [5.41, 5.74) is 0.512. The van der Waals surface area contributed by atoms with Gasteiger partial charge in [0.15, 0.2) is 0 Å². The summed E-state index contributed by atoms with van der Waals surface area (Å²) in [6.07, 6.45) is 0.339. The van der Waals surface area contributed by atoms with Gasteiger partial charge < -0.3 is 0 Å².